The third-order valence-electron chi connectivity index (χ3n) is 10.00. The van der Waals surface area contributed by atoms with E-state index in [2.05, 4.69) is 10.6 Å². The highest BCUT2D eigenvalue weighted by molar-refractivity contribution is 7.99. The molecule has 2 saturated heterocycles. The van der Waals surface area contributed by atoms with Crippen molar-refractivity contribution in [3.63, 3.8) is 0 Å². The predicted octanol–water partition coefficient (Wildman–Crippen LogP) is 4.39. The maximum atomic E-state index is 13.2. The number of likely N-dealkylation sites (N-methyl/N-ethyl adjacent to an activating group) is 1. The van der Waals surface area contributed by atoms with Gasteiger partial charge in [0.2, 0.25) is 5.91 Å². The summed E-state index contributed by atoms with van der Waals surface area (Å²) in [5, 5.41) is 38.0. The number of carbonyl (C=O) groups is 4. The number of halogens is 1. The number of hydrogen-bond donors (Lipinski definition) is 5. The lowest BCUT2D eigenvalue weighted by Gasteiger charge is -2.42. The van der Waals surface area contributed by atoms with Gasteiger partial charge in [-0.05, 0) is 49.6 Å². The first-order chi connectivity index (χ1) is 24.9. The van der Waals surface area contributed by atoms with Gasteiger partial charge in [0, 0.05) is 50.9 Å². The molecule has 2 aliphatic heterocycles. The number of nitrogens with zero attached hydrogens (tertiary/aromatic N) is 1. The number of benzene rings is 1. The minimum absolute atomic E-state index is 0.0905. The fraction of sp³-hybridized carbons (Fsp3) is 0.632. The number of allylic oxidation sites excluding steroid dienone is 3. The Morgan fingerprint density at radius 2 is 1.94 bits per heavy atom. The number of amides is 2. The Bertz CT molecular complexity index is 1500. The molecule has 0 spiro atoms. The van der Waals surface area contributed by atoms with Crippen LogP contribution in [0.15, 0.2) is 35.9 Å². The Hall–Kier alpha value is -3.14. The maximum Gasteiger partial charge on any atom is 0.409 e. The monoisotopic (exact) mass is 781 g/mol. The molecule has 5 N–H and O–H groups in total. The molecule has 3 rings (SSSR count). The molecular weight excluding hydrogens is 726 g/mol. The van der Waals surface area contributed by atoms with Crippen LogP contribution < -0.4 is 10.6 Å². The van der Waals surface area contributed by atoms with Crippen molar-refractivity contribution in [1.29, 1.82) is 0 Å². The van der Waals surface area contributed by atoms with E-state index in [1.807, 2.05) is 39.0 Å². The van der Waals surface area contributed by atoms with E-state index >= 15 is 0 Å². The summed E-state index contributed by atoms with van der Waals surface area (Å²) in [6.45, 7) is 10.4. The number of aliphatic hydroxyl groups excluding tert-OH is 2. The van der Waals surface area contributed by atoms with Gasteiger partial charge >= 0.3 is 12.1 Å². The van der Waals surface area contributed by atoms with Crippen molar-refractivity contribution in [2.45, 2.75) is 115 Å². The van der Waals surface area contributed by atoms with Gasteiger partial charge in [0.25, 0.3) is 0 Å². The SMILES string of the molecule is CNc1cc(C/C(C)=C/C=C/[C@@H](CO)[C@@]2(O)C[C@@H]([C@@H](C)[C@@H]3O[C@@]3(C)[C@H](CC=O)OC(=O)[C@H](C)N(C)C(=O)CCSC(C)C)OC(=O)N2)cc(CO)c1Cl. The average molecular weight is 782 g/mol. The third kappa shape index (κ3) is 11.4. The summed E-state index contributed by atoms with van der Waals surface area (Å²) in [7, 11) is 3.29. The van der Waals surface area contributed by atoms with Gasteiger partial charge < -0.3 is 44.5 Å². The zero-order valence-corrected chi connectivity index (χ0v) is 33.5. The summed E-state index contributed by atoms with van der Waals surface area (Å²) >= 11 is 7.97. The first-order valence-corrected chi connectivity index (χ1v) is 19.3. The van der Waals surface area contributed by atoms with Gasteiger partial charge in [-0.2, -0.15) is 11.8 Å². The van der Waals surface area contributed by atoms with Gasteiger partial charge in [-0.25, -0.2) is 9.59 Å². The van der Waals surface area contributed by atoms with Crippen LogP contribution in [-0.4, -0.2) is 112 Å². The van der Waals surface area contributed by atoms with Crippen LogP contribution in [0.5, 0.6) is 0 Å². The highest BCUT2D eigenvalue weighted by atomic mass is 35.5. The summed E-state index contributed by atoms with van der Waals surface area (Å²) in [6, 6.07) is 2.83. The van der Waals surface area contributed by atoms with E-state index in [0.29, 0.717) is 40.0 Å². The summed E-state index contributed by atoms with van der Waals surface area (Å²) in [5.74, 6) is -1.66. The van der Waals surface area contributed by atoms with Crippen molar-refractivity contribution in [2.75, 3.05) is 31.8 Å². The van der Waals surface area contributed by atoms with Gasteiger partial charge in [-0.1, -0.05) is 62.2 Å². The topological polar surface area (TPSA) is 187 Å². The first-order valence-electron chi connectivity index (χ1n) is 17.9. The highest BCUT2D eigenvalue weighted by Gasteiger charge is 2.64. The second-order valence-electron chi connectivity index (χ2n) is 14.3. The molecule has 0 bridgehead atoms. The number of epoxide rings is 1. The number of ether oxygens (including phenoxy) is 3. The molecule has 2 amide bonds. The largest absolute Gasteiger partial charge is 0.457 e. The van der Waals surface area contributed by atoms with Crippen LogP contribution in [0, 0.1) is 11.8 Å². The minimum Gasteiger partial charge on any atom is -0.457 e. The van der Waals surface area contributed by atoms with Gasteiger partial charge in [-0.15, -0.1) is 0 Å². The molecule has 13 nitrogen and oxygen atoms in total. The zero-order chi connectivity index (χ0) is 39.7. The van der Waals surface area contributed by atoms with E-state index < -0.39 is 66.2 Å². The molecule has 2 heterocycles. The van der Waals surface area contributed by atoms with E-state index in [-0.39, 0.29) is 31.8 Å². The van der Waals surface area contributed by atoms with E-state index in [1.54, 1.807) is 51.7 Å². The van der Waals surface area contributed by atoms with E-state index in [1.165, 1.54) is 11.9 Å². The van der Waals surface area contributed by atoms with E-state index in [0.717, 1.165) is 11.1 Å². The number of anilines is 1. The standard InChI is InChI=1S/C38H56ClN3O10S/c1-22(2)53-15-13-32(46)42(8)25(5)35(47)51-31(12-14-43)37(6)34(52-37)24(4)30-19-38(49,41-36(48)50-30)28(21-45)11-9-10-23(3)16-26-17-27(20-44)33(39)29(18-26)40-7/h9-11,14,17-18,22,24-25,28,30-31,34,40,44-45,49H,12-13,15-16,19-21H2,1-8H3,(H,41,48)/b11-9+,23-10+/t24-,25+,28+,30+,31+,34+,37+,38+/m1/s1. The molecule has 296 valence electrons. The minimum atomic E-state index is -1.87. The van der Waals surface area contributed by atoms with Crippen molar-refractivity contribution in [2.24, 2.45) is 11.8 Å². The molecule has 1 aromatic carbocycles. The highest BCUT2D eigenvalue weighted by Crippen LogP contribution is 2.48. The normalized spacial score (nSPS) is 25.2. The second kappa shape index (κ2) is 19.4. The van der Waals surface area contributed by atoms with Crippen LogP contribution in [0.3, 0.4) is 0 Å². The third-order valence-corrected chi connectivity index (χ3v) is 11.5. The molecule has 8 atom stereocenters. The Morgan fingerprint density at radius 1 is 1.25 bits per heavy atom. The molecule has 0 radical (unpaired) electrons. The number of esters is 1. The fourth-order valence-electron chi connectivity index (χ4n) is 6.52. The van der Waals surface area contributed by atoms with Crippen LogP contribution >= 0.6 is 23.4 Å². The Labute approximate surface area is 321 Å². The Balaban J connectivity index is 1.68. The first kappa shape index (κ1) is 44.3. The number of thioether (sulfide) groups is 1. The summed E-state index contributed by atoms with van der Waals surface area (Å²) in [4.78, 5) is 51.6. The molecule has 2 fully saturated rings. The van der Waals surface area contributed by atoms with E-state index in [9.17, 15) is 34.5 Å². The van der Waals surface area contributed by atoms with Crippen LogP contribution in [0.4, 0.5) is 10.5 Å². The summed E-state index contributed by atoms with van der Waals surface area (Å²) in [6.07, 6.45) is 3.04. The number of hydrogen-bond acceptors (Lipinski definition) is 12. The summed E-state index contributed by atoms with van der Waals surface area (Å²) < 4.78 is 17.4. The predicted molar refractivity (Wildman–Crippen MR) is 205 cm³/mol. The lowest BCUT2D eigenvalue weighted by Crippen LogP contribution is -2.62. The van der Waals surface area contributed by atoms with Crippen LogP contribution in [-0.2, 0) is 41.6 Å². The number of rotatable bonds is 20. The van der Waals surface area contributed by atoms with Crippen LogP contribution in [0.25, 0.3) is 0 Å². The maximum absolute atomic E-state index is 13.2. The number of nitrogens with one attached hydrogen (secondary N) is 2. The van der Waals surface area contributed by atoms with Gasteiger partial charge in [0.05, 0.1) is 30.0 Å². The average Bonchev–Trinajstić information content (AvgIpc) is 3.80. The number of alkyl carbamates (subject to hydrolysis) is 1. The smallest absolute Gasteiger partial charge is 0.409 e. The molecule has 15 heteroatoms. The number of cyclic esters (lactones) is 1. The van der Waals surface area contributed by atoms with Crippen molar-refractivity contribution < 1.29 is 48.7 Å². The van der Waals surface area contributed by atoms with E-state index in [4.69, 9.17) is 25.8 Å². The number of aliphatic hydroxyl groups is 3. The summed E-state index contributed by atoms with van der Waals surface area (Å²) in [5.41, 5.74) is 0.219. The van der Waals surface area contributed by atoms with Crippen LogP contribution in [0.2, 0.25) is 5.02 Å². The molecule has 2 aliphatic rings. The van der Waals surface area contributed by atoms with Crippen molar-refractivity contribution in [1.82, 2.24) is 10.2 Å². The Morgan fingerprint density at radius 3 is 2.55 bits per heavy atom. The molecule has 0 unspecified atom stereocenters. The quantitative estimate of drug-likeness (QED) is 0.0545. The van der Waals surface area contributed by atoms with Gasteiger partial charge in [-0.3, -0.25) is 10.1 Å². The zero-order valence-electron chi connectivity index (χ0n) is 31.9. The molecule has 0 aliphatic carbocycles. The fourth-order valence-corrected chi connectivity index (χ4v) is 7.54. The molecule has 53 heavy (non-hydrogen) atoms. The van der Waals surface area contributed by atoms with Crippen molar-refractivity contribution >= 4 is 53.3 Å². The number of carbonyl (C=O) groups excluding carboxylic acids is 4. The lowest BCUT2D eigenvalue weighted by molar-refractivity contribution is -0.161. The molecular formula is C38H56ClN3O10S. The van der Waals surface area contributed by atoms with Crippen molar-refractivity contribution in [3.8, 4) is 0 Å². The van der Waals surface area contributed by atoms with Crippen LogP contribution in [0.1, 0.15) is 71.9 Å². The molecule has 1 aromatic rings. The number of aldehydes is 1. The lowest BCUT2D eigenvalue weighted by atomic mass is 9.82. The van der Waals surface area contributed by atoms with Gasteiger partial charge in [0.1, 0.15) is 30.1 Å². The van der Waals surface area contributed by atoms with Crippen molar-refractivity contribution in [3.05, 3.63) is 52.1 Å². The molecule has 0 aromatic heterocycles. The van der Waals surface area contributed by atoms with Gasteiger partial charge in [0.15, 0.2) is 5.72 Å². The molecule has 0 saturated carbocycles. The second-order valence-corrected chi connectivity index (χ2v) is 16.4. The Kier molecular flexibility index (Phi) is 16.2.